The highest BCUT2D eigenvalue weighted by Crippen LogP contribution is 2.37. The summed E-state index contributed by atoms with van der Waals surface area (Å²) >= 11 is 5.97. The number of rotatable bonds is 5. The monoisotopic (exact) mass is 434 g/mol. The fraction of sp³-hybridized carbons (Fsp3) is 0.353. The molecule has 1 aromatic rings. The molecular formula is C17H15ClF4N4O3. The average Bonchev–Trinajstić information content (AvgIpc) is 3.09. The highest BCUT2D eigenvalue weighted by molar-refractivity contribution is 6.33. The van der Waals surface area contributed by atoms with Gasteiger partial charge in [0, 0.05) is 12.6 Å². The minimum absolute atomic E-state index is 0.00963. The Morgan fingerprint density at radius 2 is 2.10 bits per heavy atom. The molecule has 1 amide bonds. The second-order valence-electron chi connectivity index (χ2n) is 5.98. The smallest absolute Gasteiger partial charge is 0.431 e. The number of nitrogens with one attached hydrogen (secondary N) is 1. The molecule has 3 rings (SSSR count). The Kier molecular flexibility index (Phi) is 5.69. The number of halogens is 5. The quantitative estimate of drug-likeness (QED) is 0.570. The van der Waals surface area contributed by atoms with E-state index in [0.29, 0.717) is 6.08 Å². The number of alkyl halides is 3. The summed E-state index contributed by atoms with van der Waals surface area (Å²) in [6.07, 6.45) is -4.37. The number of allylic oxidation sites excluding steroid dienone is 1. The number of hydrogen-bond donors (Lipinski definition) is 1. The van der Waals surface area contributed by atoms with Crippen molar-refractivity contribution in [2.24, 2.45) is 4.99 Å². The summed E-state index contributed by atoms with van der Waals surface area (Å²) in [7, 11) is 0. The van der Waals surface area contributed by atoms with Crippen molar-refractivity contribution < 1.29 is 31.9 Å². The Hall–Kier alpha value is -2.82. The molecule has 2 aliphatic rings. The lowest BCUT2D eigenvalue weighted by Crippen LogP contribution is -2.51. The van der Waals surface area contributed by atoms with Crippen molar-refractivity contribution in [3.05, 3.63) is 34.7 Å². The first-order valence-corrected chi connectivity index (χ1v) is 8.84. The molecule has 0 aliphatic carbocycles. The molecule has 1 aromatic carbocycles. The first-order chi connectivity index (χ1) is 13.6. The van der Waals surface area contributed by atoms with Gasteiger partial charge in [-0.1, -0.05) is 11.6 Å². The predicted molar refractivity (Wildman–Crippen MR) is 97.2 cm³/mol. The molecule has 0 bridgehead atoms. The second-order valence-corrected chi connectivity index (χ2v) is 6.38. The molecule has 0 spiro atoms. The molecule has 0 atom stereocenters. The third-order valence-corrected chi connectivity index (χ3v) is 4.40. The maximum Gasteiger partial charge on any atom is 0.431 e. The third-order valence-electron chi connectivity index (χ3n) is 4.09. The van der Waals surface area contributed by atoms with E-state index in [-0.39, 0.29) is 48.6 Å². The van der Waals surface area contributed by atoms with Gasteiger partial charge in [0.05, 0.1) is 29.5 Å². The third kappa shape index (κ3) is 4.14. The van der Waals surface area contributed by atoms with E-state index in [2.05, 4.69) is 10.3 Å². The van der Waals surface area contributed by atoms with Gasteiger partial charge in [0.2, 0.25) is 5.96 Å². The molecule has 7 nitrogen and oxygen atoms in total. The molecule has 0 unspecified atom stereocenters. The van der Waals surface area contributed by atoms with Crippen molar-refractivity contribution in [2.75, 3.05) is 36.5 Å². The zero-order valence-electron chi connectivity index (χ0n) is 15.0. The molecule has 0 aromatic heterocycles. The van der Waals surface area contributed by atoms with Crippen LogP contribution in [0.2, 0.25) is 5.02 Å². The maximum absolute atomic E-state index is 14.6. The van der Waals surface area contributed by atoms with Gasteiger partial charge in [-0.25, -0.2) is 9.29 Å². The second kappa shape index (κ2) is 7.90. The van der Waals surface area contributed by atoms with Crippen molar-refractivity contribution in [1.29, 1.82) is 0 Å². The zero-order chi connectivity index (χ0) is 21.3. The van der Waals surface area contributed by atoms with Gasteiger partial charge in [0.15, 0.2) is 0 Å². The van der Waals surface area contributed by atoms with Gasteiger partial charge in [0.25, 0.3) is 5.91 Å². The number of amides is 1. The molecular weight excluding hydrogens is 420 g/mol. The van der Waals surface area contributed by atoms with Gasteiger partial charge in [-0.05, 0) is 19.1 Å². The summed E-state index contributed by atoms with van der Waals surface area (Å²) in [6, 6.07) is 2.01. The van der Waals surface area contributed by atoms with Gasteiger partial charge in [-0.3, -0.25) is 14.6 Å². The van der Waals surface area contributed by atoms with E-state index in [4.69, 9.17) is 16.3 Å². The summed E-state index contributed by atoms with van der Waals surface area (Å²) in [5.41, 5.74) is -1.42. The van der Waals surface area contributed by atoms with Crippen molar-refractivity contribution in [2.45, 2.75) is 13.1 Å². The molecule has 12 heteroatoms. The Balaban J connectivity index is 1.98. The summed E-state index contributed by atoms with van der Waals surface area (Å²) in [4.78, 5) is 29.4. The minimum atomic E-state index is -4.77. The van der Waals surface area contributed by atoms with E-state index in [0.717, 1.165) is 21.9 Å². The van der Waals surface area contributed by atoms with E-state index in [1.165, 1.54) is 0 Å². The van der Waals surface area contributed by atoms with Gasteiger partial charge < -0.3 is 15.0 Å². The van der Waals surface area contributed by atoms with Gasteiger partial charge >= 0.3 is 12.1 Å². The van der Waals surface area contributed by atoms with Crippen molar-refractivity contribution in [3.8, 4) is 0 Å². The SMILES string of the molecule is CCOC(=O)CNc1cc(N2C(=O)C=C(C(F)(F)F)N3CCN=C32)c(F)cc1Cl. The first kappa shape index (κ1) is 20.9. The first-order valence-electron chi connectivity index (χ1n) is 8.47. The van der Waals surface area contributed by atoms with Gasteiger partial charge in [-0.15, -0.1) is 0 Å². The topological polar surface area (TPSA) is 74.2 Å². The molecule has 0 saturated heterocycles. The number of guanidine groups is 1. The highest BCUT2D eigenvalue weighted by atomic mass is 35.5. The summed E-state index contributed by atoms with van der Waals surface area (Å²) in [6.45, 7) is 1.41. The average molecular weight is 435 g/mol. The van der Waals surface area contributed by atoms with Crippen LogP contribution in [0.3, 0.4) is 0 Å². The summed E-state index contributed by atoms with van der Waals surface area (Å²) in [5.74, 6) is -2.97. The number of esters is 1. The van der Waals surface area contributed by atoms with Crippen LogP contribution in [0.4, 0.5) is 28.9 Å². The fourth-order valence-corrected chi connectivity index (χ4v) is 3.12. The summed E-state index contributed by atoms with van der Waals surface area (Å²) < 4.78 is 59.1. The van der Waals surface area contributed by atoms with Crippen molar-refractivity contribution in [1.82, 2.24) is 4.90 Å². The number of hydrogen-bond acceptors (Lipinski definition) is 6. The number of ether oxygens (including phenoxy) is 1. The van der Waals surface area contributed by atoms with Crippen LogP contribution in [-0.4, -0.2) is 55.2 Å². The van der Waals surface area contributed by atoms with E-state index in [1.807, 2.05) is 0 Å². The highest BCUT2D eigenvalue weighted by Gasteiger charge is 2.47. The molecule has 0 saturated carbocycles. The number of carbonyl (C=O) groups excluding carboxylic acids is 2. The maximum atomic E-state index is 14.6. The van der Waals surface area contributed by atoms with E-state index in [1.54, 1.807) is 6.92 Å². The zero-order valence-corrected chi connectivity index (χ0v) is 15.8. The standard InChI is InChI=1S/C17H15ClF4N4O3/c1-2-29-15(28)8-24-11-6-12(10(19)5-9(11)18)26-14(27)7-13(17(20,21)22)25-4-3-23-16(25)26/h5-7,24H,2-4,8H2,1H3. The molecule has 2 aliphatic heterocycles. The lowest BCUT2D eigenvalue weighted by atomic mass is 10.2. The van der Waals surface area contributed by atoms with Crippen LogP contribution < -0.4 is 10.2 Å². The fourth-order valence-electron chi connectivity index (χ4n) is 2.90. The Morgan fingerprint density at radius 1 is 1.38 bits per heavy atom. The van der Waals surface area contributed by atoms with Crippen molar-refractivity contribution in [3.63, 3.8) is 0 Å². The molecule has 1 N–H and O–H groups in total. The molecule has 29 heavy (non-hydrogen) atoms. The Labute approximate surface area is 167 Å². The summed E-state index contributed by atoms with van der Waals surface area (Å²) in [5, 5.41) is 2.57. The number of benzene rings is 1. The Bertz CT molecular complexity index is 917. The van der Waals surface area contributed by atoms with Crippen LogP contribution in [0.15, 0.2) is 28.9 Å². The molecule has 0 radical (unpaired) electrons. The van der Waals surface area contributed by atoms with Gasteiger partial charge in [0.1, 0.15) is 18.1 Å². The van der Waals surface area contributed by atoms with E-state index >= 15 is 0 Å². The van der Waals surface area contributed by atoms with Crippen LogP contribution >= 0.6 is 11.6 Å². The number of fused-ring (bicyclic) bond motifs is 1. The number of anilines is 2. The van der Waals surface area contributed by atoms with Crippen LogP contribution in [0.25, 0.3) is 0 Å². The van der Waals surface area contributed by atoms with Gasteiger partial charge in [-0.2, -0.15) is 13.2 Å². The molecule has 0 fully saturated rings. The normalized spacial score (nSPS) is 16.4. The number of nitrogens with zero attached hydrogens (tertiary/aromatic N) is 3. The molecule has 156 valence electrons. The van der Waals surface area contributed by atoms with Crippen LogP contribution in [0, 0.1) is 5.82 Å². The lowest BCUT2D eigenvalue weighted by Gasteiger charge is -2.35. The number of carbonyl (C=O) groups is 2. The predicted octanol–water partition coefficient (Wildman–Crippen LogP) is 2.92. The minimum Gasteiger partial charge on any atom is -0.465 e. The van der Waals surface area contributed by atoms with E-state index < -0.39 is 29.6 Å². The molecule has 2 heterocycles. The van der Waals surface area contributed by atoms with E-state index in [9.17, 15) is 27.2 Å². The van der Waals surface area contributed by atoms with Crippen molar-refractivity contribution >= 4 is 40.8 Å². The lowest BCUT2D eigenvalue weighted by molar-refractivity contribution is -0.140. The Morgan fingerprint density at radius 3 is 2.76 bits per heavy atom. The number of aliphatic imine (C=N–C) groups is 1. The van der Waals surface area contributed by atoms with Crippen LogP contribution in [-0.2, 0) is 14.3 Å². The largest absolute Gasteiger partial charge is 0.465 e. The van der Waals surface area contributed by atoms with Crippen LogP contribution in [0.5, 0.6) is 0 Å². The van der Waals surface area contributed by atoms with Crippen LogP contribution in [0.1, 0.15) is 6.92 Å².